The van der Waals surface area contributed by atoms with E-state index in [1.165, 1.54) is 10.5 Å². The largest absolute Gasteiger partial charge is 0.337 e. The van der Waals surface area contributed by atoms with Crippen LogP contribution in [0.1, 0.15) is 40.4 Å². The number of rotatable bonds is 3. The van der Waals surface area contributed by atoms with Gasteiger partial charge in [0.25, 0.3) is 11.8 Å². The maximum absolute atomic E-state index is 13.9. The molecule has 1 aliphatic heterocycles. The number of benzene rings is 1. The van der Waals surface area contributed by atoms with Crippen molar-refractivity contribution in [1.82, 2.24) is 14.3 Å². The van der Waals surface area contributed by atoms with Crippen LogP contribution >= 0.6 is 0 Å². The lowest BCUT2D eigenvalue weighted by Gasteiger charge is -2.25. The highest BCUT2D eigenvalue weighted by Crippen LogP contribution is 2.21. The molecule has 0 radical (unpaired) electrons. The minimum absolute atomic E-state index is 0.112. The van der Waals surface area contributed by atoms with Crippen molar-refractivity contribution in [1.29, 1.82) is 0 Å². The first-order valence-corrected chi connectivity index (χ1v) is 9.08. The highest BCUT2D eigenvalue weighted by atomic mass is 19.1. The molecule has 2 amide bonds. The van der Waals surface area contributed by atoms with Crippen molar-refractivity contribution < 1.29 is 18.4 Å². The third-order valence-electron chi connectivity index (χ3n) is 4.80. The zero-order valence-corrected chi connectivity index (χ0v) is 15.0. The van der Waals surface area contributed by atoms with Crippen LogP contribution in [-0.2, 0) is 0 Å². The highest BCUT2D eigenvalue weighted by molar-refractivity contribution is 6.06. The van der Waals surface area contributed by atoms with Crippen LogP contribution in [0.3, 0.4) is 0 Å². The SMILES string of the molecule is O=C(Nc1c(F)cccc1F)c1nc(C(=O)N2CCCCC2)c2ccccn12. The van der Waals surface area contributed by atoms with Crippen LogP contribution in [0, 0.1) is 11.6 Å². The van der Waals surface area contributed by atoms with Crippen molar-refractivity contribution in [2.24, 2.45) is 0 Å². The number of halogens is 2. The van der Waals surface area contributed by atoms with Crippen LogP contribution in [0.2, 0.25) is 0 Å². The Morgan fingerprint density at radius 2 is 1.68 bits per heavy atom. The van der Waals surface area contributed by atoms with Gasteiger partial charge in [-0.1, -0.05) is 12.1 Å². The number of pyridine rings is 1. The number of amides is 2. The number of aromatic nitrogens is 2. The fourth-order valence-electron chi connectivity index (χ4n) is 3.39. The molecule has 3 heterocycles. The molecule has 8 heteroatoms. The van der Waals surface area contributed by atoms with Gasteiger partial charge in [0.2, 0.25) is 5.82 Å². The Hall–Kier alpha value is -3.29. The molecule has 0 atom stereocenters. The molecule has 0 unspecified atom stereocenters. The van der Waals surface area contributed by atoms with Crippen molar-refractivity contribution in [3.05, 3.63) is 65.7 Å². The van der Waals surface area contributed by atoms with Gasteiger partial charge in [-0.05, 0) is 43.5 Å². The molecule has 1 aliphatic rings. The molecule has 2 aromatic heterocycles. The van der Waals surface area contributed by atoms with E-state index in [2.05, 4.69) is 10.3 Å². The van der Waals surface area contributed by atoms with E-state index in [0.717, 1.165) is 31.4 Å². The Morgan fingerprint density at radius 1 is 0.964 bits per heavy atom. The first-order valence-electron chi connectivity index (χ1n) is 9.08. The Bertz CT molecular complexity index is 1040. The number of para-hydroxylation sites is 1. The highest BCUT2D eigenvalue weighted by Gasteiger charge is 2.26. The summed E-state index contributed by atoms with van der Waals surface area (Å²) < 4.78 is 29.2. The zero-order chi connectivity index (χ0) is 19.7. The Labute approximate surface area is 159 Å². The summed E-state index contributed by atoms with van der Waals surface area (Å²) in [5, 5.41) is 2.22. The molecule has 28 heavy (non-hydrogen) atoms. The Kier molecular flexibility index (Phi) is 4.77. The minimum atomic E-state index is -0.890. The third kappa shape index (κ3) is 3.21. The fraction of sp³-hybridized carbons (Fsp3) is 0.250. The summed E-state index contributed by atoms with van der Waals surface area (Å²) in [6.45, 7) is 1.29. The van der Waals surface area contributed by atoms with Gasteiger partial charge < -0.3 is 10.2 Å². The molecular formula is C20H18F2N4O2. The van der Waals surface area contributed by atoms with E-state index in [0.29, 0.717) is 18.6 Å². The number of piperidine rings is 1. The maximum Gasteiger partial charge on any atom is 0.292 e. The van der Waals surface area contributed by atoms with Crippen LogP contribution in [0.25, 0.3) is 5.52 Å². The number of likely N-dealkylation sites (tertiary alicyclic amines) is 1. The average Bonchev–Trinajstić information content (AvgIpc) is 3.11. The lowest BCUT2D eigenvalue weighted by atomic mass is 10.1. The summed E-state index contributed by atoms with van der Waals surface area (Å²) >= 11 is 0. The van der Waals surface area contributed by atoms with Gasteiger partial charge in [-0.3, -0.25) is 14.0 Å². The van der Waals surface area contributed by atoms with Gasteiger partial charge in [0.1, 0.15) is 17.3 Å². The van der Waals surface area contributed by atoms with Crippen LogP contribution in [0.15, 0.2) is 42.6 Å². The molecular weight excluding hydrogens is 366 g/mol. The van der Waals surface area contributed by atoms with Gasteiger partial charge in [0.15, 0.2) is 5.69 Å². The molecule has 1 saturated heterocycles. The lowest BCUT2D eigenvalue weighted by molar-refractivity contribution is 0.0721. The second kappa shape index (κ2) is 7.38. The number of fused-ring (bicyclic) bond motifs is 1. The quantitative estimate of drug-likeness (QED) is 0.752. The maximum atomic E-state index is 13.9. The molecule has 4 rings (SSSR count). The van der Waals surface area contributed by atoms with Crippen molar-refractivity contribution in [2.75, 3.05) is 18.4 Å². The van der Waals surface area contributed by atoms with E-state index in [9.17, 15) is 18.4 Å². The van der Waals surface area contributed by atoms with E-state index in [1.807, 2.05) is 0 Å². The molecule has 6 nitrogen and oxygen atoms in total. The number of anilines is 1. The molecule has 0 bridgehead atoms. The predicted molar refractivity (Wildman–Crippen MR) is 99.3 cm³/mol. The molecule has 3 aromatic rings. The van der Waals surface area contributed by atoms with Crippen LogP contribution < -0.4 is 5.32 Å². The molecule has 0 aliphatic carbocycles. The average molecular weight is 384 g/mol. The summed E-state index contributed by atoms with van der Waals surface area (Å²) in [6, 6.07) is 8.42. The van der Waals surface area contributed by atoms with E-state index < -0.39 is 23.2 Å². The normalized spacial score (nSPS) is 14.3. The van der Waals surface area contributed by atoms with Crippen molar-refractivity contribution in [2.45, 2.75) is 19.3 Å². The summed E-state index contributed by atoms with van der Waals surface area (Å²) in [5.41, 5.74) is 0.0722. The first-order chi connectivity index (χ1) is 13.6. The smallest absolute Gasteiger partial charge is 0.292 e. The number of carbonyl (C=O) groups is 2. The summed E-state index contributed by atoms with van der Waals surface area (Å²) in [5.74, 6) is -2.95. The molecule has 144 valence electrons. The molecule has 1 N–H and O–H groups in total. The number of nitrogens with one attached hydrogen (secondary N) is 1. The van der Waals surface area contributed by atoms with Gasteiger partial charge in [-0.25, -0.2) is 13.8 Å². The van der Waals surface area contributed by atoms with Crippen molar-refractivity contribution in [3.8, 4) is 0 Å². The van der Waals surface area contributed by atoms with Crippen molar-refractivity contribution >= 4 is 23.0 Å². The second-order valence-electron chi connectivity index (χ2n) is 6.64. The first kappa shape index (κ1) is 18.1. The second-order valence-corrected chi connectivity index (χ2v) is 6.64. The minimum Gasteiger partial charge on any atom is -0.337 e. The molecule has 0 spiro atoms. The van der Waals surface area contributed by atoms with E-state index in [4.69, 9.17) is 0 Å². The molecule has 1 fully saturated rings. The van der Waals surface area contributed by atoms with Crippen LogP contribution in [0.5, 0.6) is 0 Å². The summed E-state index contributed by atoms with van der Waals surface area (Å²) in [7, 11) is 0. The van der Waals surface area contributed by atoms with Crippen LogP contribution in [-0.4, -0.2) is 39.2 Å². The standard InChI is InChI=1S/C20H18F2N4O2/c21-13-7-6-8-14(22)16(13)24-19(27)18-23-17(15-9-2-5-12-26(15)18)20(28)25-10-3-1-4-11-25/h2,5-9,12H,1,3-4,10-11H2,(H,24,27). The van der Waals surface area contributed by atoms with Gasteiger partial charge in [-0.2, -0.15) is 0 Å². The third-order valence-corrected chi connectivity index (χ3v) is 4.80. The monoisotopic (exact) mass is 384 g/mol. The number of imidazole rings is 1. The molecule has 0 saturated carbocycles. The van der Waals surface area contributed by atoms with E-state index in [1.54, 1.807) is 29.3 Å². The van der Waals surface area contributed by atoms with Crippen LogP contribution in [0.4, 0.5) is 14.5 Å². The number of nitrogens with zero attached hydrogens (tertiary/aromatic N) is 3. The lowest BCUT2D eigenvalue weighted by Crippen LogP contribution is -2.36. The number of hydrogen-bond acceptors (Lipinski definition) is 3. The summed E-state index contributed by atoms with van der Waals surface area (Å²) in [4.78, 5) is 31.6. The zero-order valence-electron chi connectivity index (χ0n) is 15.0. The van der Waals surface area contributed by atoms with Gasteiger partial charge >= 0.3 is 0 Å². The van der Waals surface area contributed by atoms with E-state index in [-0.39, 0.29) is 17.4 Å². The topological polar surface area (TPSA) is 66.7 Å². The molecule has 1 aromatic carbocycles. The van der Waals surface area contributed by atoms with E-state index >= 15 is 0 Å². The predicted octanol–water partition coefficient (Wildman–Crippen LogP) is 3.49. The summed E-state index contributed by atoms with van der Waals surface area (Å²) in [6.07, 6.45) is 4.52. The number of hydrogen-bond donors (Lipinski definition) is 1. The van der Waals surface area contributed by atoms with Gasteiger partial charge in [0, 0.05) is 19.3 Å². The van der Waals surface area contributed by atoms with Gasteiger partial charge in [-0.15, -0.1) is 0 Å². The van der Waals surface area contributed by atoms with Gasteiger partial charge in [0.05, 0.1) is 5.52 Å². The van der Waals surface area contributed by atoms with Crippen molar-refractivity contribution in [3.63, 3.8) is 0 Å². The Morgan fingerprint density at radius 3 is 2.39 bits per heavy atom. The fourth-order valence-corrected chi connectivity index (χ4v) is 3.39. The Balaban J connectivity index is 1.71. The number of carbonyl (C=O) groups excluding carboxylic acids is 2.